The number of nitrogens with one attached hydrogen (secondary N) is 1. The van der Waals surface area contributed by atoms with Gasteiger partial charge >= 0.3 is 0 Å². The number of hydrogen-bond acceptors (Lipinski definition) is 3. The van der Waals surface area contributed by atoms with E-state index in [0.717, 1.165) is 34.7 Å². The van der Waals surface area contributed by atoms with Crippen molar-refractivity contribution in [1.82, 2.24) is 20.0 Å². The molecule has 4 rings (SSSR count). The zero-order valence-electron chi connectivity index (χ0n) is 19.8. The molecule has 1 aliphatic heterocycles. The van der Waals surface area contributed by atoms with Crippen LogP contribution in [0.4, 0.5) is 4.39 Å². The fourth-order valence-electron chi connectivity index (χ4n) is 4.58. The molecule has 3 aromatic rings. The largest absolute Gasteiger partial charge is 0.352 e. The molecule has 1 aromatic heterocycles. The Morgan fingerprint density at radius 1 is 1.06 bits per heavy atom. The predicted molar refractivity (Wildman–Crippen MR) is 129 cm³/mol. The lowest BCUT2D eigenvalue weighted by atomic mass is 10.0. The summed E-state index contributed by atoms with van der Waals surface area (Å²) in [5.41, 5.74) is 5.80. The number of aromatic nitrogens is 2. The van der Waals surface area contributed by atoms with Crippen LogP contribution < -0.4 is 5.32 Å². The average Bonchev–Trinajstić information content (AvgIpc) is 3.09. The second-order valence-corrected chi connectivity index (χ2v) is 9.12. The number of piperidine rings is 1. The fourth-order valence-corrected chi connectivity index (χ4v) is 4.58. The number of carbonyl (C=O) groups is 1. The number of hydrogen-bond donors (Lipinski definition) is 1. The van der Waals surface area contributed by atoms with E-state index in [1.54, 1.807) is 16.8 Å². The standard InChI is InChI=1S/C27H33FN4O/c1-19-6-4-5-15-31(19)18-23-9-7-22(8-10-23)17-29-27(33)16-26-20(2)30-32(21(26)3)25-13-11-24(28)12-14-25/h7-14,19H,4-6,15-18H2,1-3H3,(H,29,33). The van der Waals surface area contributed by atoms with Crippen molar-refractivity contribution in [2.75, 3.05) is 6.54 Å². The molecule has 1 amide bonds. The van der Waals surface area contributed by atoms with Crippen LogP contribution >= 0.6 is 0 Å². The number of benzene rings is 2. The van der Waals surface area contributed by atoms with Gasteiger partial charge in [-0.15, -0.1) is 0 Å². The van der Waals surface area contributed by atoms with Crippen molar-refractivity contribution in [3.05, 3.63) is 82.4 Å². The number of carbonyl (C=O) groups excluding carboxylic acids is 1. The van der Waals surface area contributed by atoms with Crippen LogP contribution in [0.25, 0.3) is 5.69 Å². The molecule has 1 aliphatic rings. The summed E-state index contributed by atoms with van der Waals surface area (Å²) in [6.45, 7) is 8.82. The highest BCUT2D eigenvalue weighted by atomic mass is 19.1. The Kier molecular flexibility index (Phi) is 7.23. The summed E-state index contributed by atoms with van der Waals surface area (Å²) in [6.07, 6.45) is 4.17. The van der Waals surface area contributed by atoms with Gasteiger partial charge in [-0.1, -0.05) is 30.7 Å². The second kappa shape index (κ2) is 10.3. The molecule has 0 spiro atoms. The Morgan fingerprint density at radius 2 is 1.76 bits per heavy atom. The van der Waals surface area contributed by atoms with Crippen LogP contribution in [0, 0.1) is 19.7 Å². The maximum absolute atomic E-state index is 13.2. The highest BCUT2D eigenvalue weighted by Crippen LogP contribution is 2.20. The van der Waals surface area contributed by atoms with E-state index in [1.807, 2.05) is 13.8 Å². The van der Waals surface area contributed by atoms with Gasteiger partial charge < -0.3 is 5.32 Å². The van der Waals surface area contributed by atoms with Crippen LogP contribution in [0.5, 0.6) is 0 Å². The number of likely N-dealkylation sites (tertiary alicyclic amines) is 1. The van der Waals surface area contributed by atoms with Gasteiger partial charge in [-0.3, -0.25) is 9.69 Å². The lowest BCUT2D eigenvalue weighted by Crippen LogP contribution is -2.36. The average molecular weight is 449 g/mol. The Morgan fingerprint density at radius 3 is 2.45 bits per heavy atom. The van der Waals surface area contributed by atoms with Crippen molar-refractivity contribution in [2.24, 2.45) is 0 Å². The Labute approximate surface area is 195 Å². The van der Waals surface area contributed by atoms with Crippen molar-refractivity contribution in [2.45, 2.75) is 65.6 Å². The summed E-state index contributed by atoms with van der Waals surface area (Å²) in [6, 6.07) is 15.4. The van der Waals surface area contributed by atoms with Gasteiger partial charge in [0.15, 0.2) is 0 Å². The molecule has 0 bridgehead atoms. The number of amides is 1. The van der Waals surface area contributed by atoms with E-state index in [1.165, 1.54) is 43.5 Å². The SMILES string of the molecule is Cc1nn(-c2ccc(F)cc2)c(C)c1CC(=O)NCc1ccc(CN2CCCCC2C)cc1. The molecule has 2 aromatic carbocycles. The smallest absolute Gasteiger partial charge is 0.224 e. The molecule has 1 unspecified atom stereocenters. The number of aryl methyl sites for hydroxylation is 1. The van der Waals surface area contributed by atoms with Gasteiger partial charge in [-0.2, -0.15) is 5.10 Å². The molecule has 1 fully saturated rings. The van der Waals surface area contributed by atoms with Crippen molar-refractivity contribution in [3.63, 3.8) is 0 Å². The maximum atomic E-state index is 13.2. The molecular weight excluding hydrogens is 415 g/mol. The first kappa shape index (κ1) is 23.2. The zero-order chi connectivity index (χ0) is 23.4. The summed E-state index contributed by atoms with van der Waals surface area (Å²) in [7, 11) is 0. The summed E-state index contributed by atoms with van der Waals surface area (Å²) in [5.74, 6) is -0.319. The Hall–Kier alpha value is -2.99. The lowest BCUT2D eigenvalue weighted by Gasteiger charge is -2.33. The van der Waals surface area contributed by atoms with Gasteiger partial charge in [0.25, 0.3) is 0 Å². The summed E-state index contributed by atoms with van der Waals surface area (Å²) >= 11 is 0. The van der Waals surface area contributed by atoms with Crippen molar-refractivity contribution < 1.29 is 9.18 Å². The molecular formula is C27H33FN4O. The number of rotatable bonds is 7. The van der Waals surface area contributed by atoms with E-state index >= 15 is 0 Å². The molecule has 0 radical (unpaired) electrons. The second-order valence-electron chi connectivity index (χ2n) is 9.12. The fraction of sp³-hybridized carbons (Fsp3) is 0.407. The van der Waals surface area contributed by atoms with Gasteiger partial charge in [0.05, 0.1) is 17.8 Å². The van der Waals surface area contributed by atoms with Gasteiger partial charge in [0, 0.05) is 30.4 Å². The van der Waals surface area contributed by atoms with E-state index in [-0.39, 0.29) is 18.1 Å². The molecule has 2 heterocycles. The molecule has 1 N–H and O–H groups in total. The summed E-state index contributed by atoms with van der Waals surface area (Å²) in [5, 5.41) is 7.58. The van der Waals surface area contributed by atoms with Crippen LogP contribution in [-0.2, 0) is 24.3 Å². The quantitative estimate of drug-likeness (QED) is 0.562. The van der Waals surface area contributed by atoms with E-state index < -0.39 is 0 Å². The first-order chi connectivity index (χ1) is 15.9. The van der Waals surface area contributed by atoms with Crippen LogP contribution in [0.1, 0.15) is 54.3 Å². The van der Waals surface area contributed by atoms with E-state index in [0.29, 0.717) is 12.6 Å². The third-order valence-electron chi connectivity index (χ3n) is 6.69. The van der Waals surface area contributed by atoms with Crippen LogP contribution in [0.15, 0.2) is 48.5 Å². The molecule has 0 saturated carbocycles. The maximum Gasteiger partial charge on any atom is 0.224 e. The van der Waals surface area contributed by atoms with Gasteiger partial charge in [0.2, 0.25) is 5.91 Å². The van der Waals surface area contributed by atoms with Crippen LogP contribution in [-0.4, -0.2) is 33.2 Å². The molecule has 6 heteroatoms. The van der Waals surface area contributed by atoms with E-state index in [4.69, 9.17) is 0 Å². The van der Waals surface area contributed by atoms with Crippen LogP contribution in [0.2, 0.25) is 0 Å². The highest BCUT2D eigenvalue weighted by Gasteiger charge is 2.18. The molecule has 174 valence electrons. The number of nitrogens with zero attached hydrogens (tertiary/aromatic N) is 3. The van der Waals surface area contributed by atoms with E-state index in [9.17, 15) is 9.18 Å². The minimum absolute atomic E-state index is 0.0360. The lowest BCUT2D eigenvalue weighted by molar-refractivity contribution is -0.120. The minimum atomic E-state index is -0.283. The predicted octanol–water partition coefficient (Wildman–Crippen LogP) is 4.86. The monoisotopic (exact) mass is 448 g/mol. The van der Waals surface area contributed by atoms with Crippen molar-refractivity contribution >= 4 is 5.91 Å². The normalized spacial score (nSPS) is 16.7. The molecule has 33 heavy (non-hydrogen) atoms. The summed E-state index contributed by atoms with van der Waals surface area (Å²) in [4.78, 5) is 15.2. The third kappa shape index (κ3) is 5.69. The summed E-state index contributed by atoms with van der Waals surface area (Å²) < 4.78 is 15.0. The zero-order valence-corrected chi connectivity index (χ0v) is 19.8. The molecule has 1 atom stereocenters. The highest BCUT2D eigenvalue weighted by molar-refractivity contribution is 5.79. The van der Waals surface area contributed by atoms with Gasteiger partial charge in [-0.05, 0) is 75.5 Å². The Balaban J connectivity index is 1.33. The van der Waals surface area contributed by atoms with Crippen molar-refractivity contribution in [1.29, 1.82) is 0 Å². The number of halogens is 1. The molecule has 0 aliphatic carbocycles. The molecule has 5 nitrogen and oxygen atoms in total. The Bertz CT molecular complexity index is 1090. The van der Waals surface area contributed by atoms with E-state index in [2.05, 4.69) is 46.5 Å². The topological polar surface area (TPSA) is 50.2 Å². The first-order valence-electron chi connectivity index (χ1n) is 11.8. The minimum Gasteiger partial charge on any atom is -0.352 e. The van der Waals surface area contributed by atoms with Gasteiger partial charge in [0.1, 0.15) is 5.82 Å². The molecule has 1 saturated heterocycles. The van der Waals surface area contributed by atoms with Crippen molar-refractivity contribution in [3.8, 4) is 5.69 Å². The van der Waals surface area contributed by atoms with Gasteiger partial charge in [-0.25, -0.2) is 9.07 Å². The third-order valence-corrected chi connectivity index (χ3v) is 6.69. The first-order valence-corrected chi connectivity index (χ1v) is 11.8. The van der Waals surface area contributed by atoms with Crippen LogP contribution in [0.3, 0.4) is 0 Å².